The fourth-order valence-electron chi connectivity index (χ4n) is 3.22. The lowest BCUT2D eigenvalue weighted by Crippen LogP contribution is -2.41. The fraction of sp³-hybridized carbons (Fsp3) is 0.350. The molecule has 1 aliphatic heterocycles. The number of nitrogens with one attached hydrogen (secondary N) is 1. The molecular weight excluding hydrogens is 418 g/mol. The van der Waals surface area contributed by atoms with Crippen molar-refractivity contribution in [2.75, 3.05) is 18.4 Å². The maximum Gasteiger partial charge on any atom is 0.288 e. The number of thioether (sulfide) groups is 1. The Hall–Kier alpha value is -1.97. The number of aryl methyl sites for hydroxylation is 1. The summed E-state index contributed by atoms with van der Waals surface area (Å²) in [6.07, 6.45) is 0.752. The summed E-state index contributed by atoms with van der Waals surface area (Å²) in [6, 6.07) is 13.1. The number of piperidine rings is 1. The Balaban J connectivity index is 1.62. The minimum Gasteiger partial charge on any atom is -0.325 e. The smallest absolute Gasteiger partial charge is 0.288 e. The maximum absolute atomic E-state index is 12.8. The van der Waals surface area contributed by atoms with Gasteiger partial charge in [-0.1, -0.05) is 41.6 Å². The third kappa shape index (κ3) is 5.34. The van der Waals surface area contributed by atoms with Crippen molar-refractivity contribution in [1.29, 1.82) is 0 Å². The Morgan fingerprint density at radius 3 is 2.34 bits per heavy atom. The predicted molar refractivity (Wildman–Crippen MR) is 110 cm³/mol. The molecule has 2 aromatic rings. The molecular formula is C20H22F2N2O3S2. The van der Waals surface area contributed by atoms with Gasteiger partial charge in [0.2, 0.25) is 15.9 Å². The molecule has 0 unspecified atom stereocenters. The number of sulfonamides is 1. The van der Waals surface area contributed by atoms with E-state index in [9.17, 15) is 22.0 Å². The fourth-order valence-corrected chi connectivity index (χ4v) is 5.29. The van der Waals surface area contributed by atoms with Gasteiger partial charge < -0.3 is 5.32 Å². The molecule has 1 heterocycles. The van der Waals surface area contributed by atoms with Crippen LogP contribution in [-0.2, 0) is 14.8 Å². The zero-order valence-electron chi connectivity index (χ0n) is 15.8. The van der Waals surface area contributed by atoms with Crippen molar-refractivity contribution in [3.05, 3.63) is 54.1 Å². The molecule has 0 saturated carbocycles. The number of anilines is 1. The maximum atomic E-state index is 12.8. The average Bonchev–Trinajstić information content (AvgIpc) is 2.69. The zero-order chi connectivity index (χ0) is 21.0. The third-order valence-electron chi connectivity index (χ3n) is 4.84. The van der Waals surface area contributed by atoms with Gasteiger partial charge in [-0.3, -0.25) is 4.79 Å². The number of alkyl halides is 2. The largest absolute Gasteiger partial charge is 0.325 e. The van der Waals surface area contributed by atoms with Gasteiger partial charge in [-0.2, -0.15) is 13.1 Å². The number of benzene rings is 2. The topological polar surface area (TPSA) is 66.5 Å². The van der Waals surface area contributed by atoms with Gasteiger partial charge in [-0.05, 0) is 44.0 Å². The molecule has 0 atom stereocenters. The van der Waals surface area contributed by atoms with Crippen molar-refractivity contribution in [2.45, 2.75) is 35.3 Å². The standard InChI is InChI=1S/C20H22F2N2O3S2/c1-14-6-8-16(9-7-14)29(26,27)24-12-10-15(11-13-24)19(25)23-17-4-2-3-5-18(17)28-20(21)22/h2-9,15,20H,10-13H2,1H3,(H,23,25). The first kappa shape index (κ1) is 21.7. The molecule has 0 aromatic heterocycles. The molecule has 0 radical (unpaired) electrons. The Morgan fingerprint density at radius 1 is 1.10 bits per heavy atom. The second kappa shape index (κ2) is 9.23. The minimum atomic E-state index is -3.59. The molecule has 3 rings (SSSR count). The van der Waals surface area contributed by atoms with E-state index in [0.717, 1.165) is 5.56 Å². The average molecular weight is 441 g/mol. The summed E-state index contributed by atoms with van der Waals surface area (Å²) in [4.78, 5) is 13.1. The number of nitrogens with zero attached hydrogens (tertiary/aromatic N) is 1. The Kier molecular flexibility index (Phi) is 6.92. The van der Waals surface area contributed by atoms with Gasteiger partial charge in [0, 0.05) is 23.9 Å². The number of halogens is 2. The first-order valence-corrected chi connectivity index (χ1v) is 11.5. The molecule has 1 N–H and O–H groups in total. The number of hydrogen-bond acceptors (Lipinski definition) is 4. The van der Waals surface area contributed by atoms with Crippen molar-refractivity contribution >= 4 is 33.4 Å². The van der Waals surface area contributed by atoms with E-state index in [2.05, 4.69) is 5.32 Å². The van der Waals surface area contributed by atoms with Gasteiger partial charge >= 0.3 is 0 Å². The van der Waals surface area contributed by atoms with Crippen LogP contribution in [0.25, 0.3) is 0 Å². The highest BCUT2D eigenvalue weighted by molar-refractivity contribution is 7.99. The van der Waals surface area contributed by atoms with E-state index in [4.69, 9.17) is 0 Å². The lowest BCUT2D eigenvalue weighted by atomic mass is 9.97. The quantitative estimate of drug-likeness (QED) is 0.679. The van der Waals surface area contributed by atoms with Crippen molar-refractivity contribution in [1.82, 2.24) is 4.31 Å². The Bertz CT molecular complexity index is 958. The van der Waals surface area contributed by atoms with Crippen LogP contribution in [0.3, 0.4) is 0 Å². The molecule has 5 nitrogen and oxygen atoms in total. The van der Waals surface area contributed by atoms with Crippen LogP contribution in [0.2, 0.25) is 0 Å². The monoisotopic (exact) mass is 440 g/mol. The van der Waals surface area contributed by atoms with E-state index < -0.39 is 15.8 Å². The number of hydrogen-bond donors (Lipinski definition) is 1. The van der Waals surface area contributed by atoms with Crippen LogP contribution in [0.15, 0.2) is 58.3 Å². The van der Waals surface area contributed by atoms with Crippen LogP contribution in [0.1, 0.15) is 18.4 Å². The minimum absolute atomic E-state index is 0.238. The molecule has 1 saturated heterocycles. The summed E-state index contributed by atoms with van der Waals surface area (Å²) in [6.45, 7) is 2.36. The van der Waals surface area contributed by atoms with E-state index >= 15 is 0 Å². The lowest BCUT2D eigenvalue weighted by Gasteiger charge is -2.30. The number of rotatable bonds is 6. The van der Waals surface area contributed by atoms with Gasteiger partial charge in [0.05, 0.1) is 10.6 Å². The first-order valence-electron chi connectivity index (χ1n) is 9.19. The van der Waals surface area contributed by atoms with Crippen LogP contribution in [0, 0.1) is 12.8 Å². The number of carbonyl (C=O) groups excluding carboxylic acids is 1. The molecule has 0 bridgehead atoms. The Morgan fingerprint density at radius 2 is 1.72 bits per heavy atom. The molecule has 9 heteroatoms. The summed E-state index contributed by atoms with van der Waals surface area (Å²) < 4.78 is 52.3. The molecule has 2 aromatic carbocycles. The summed E-state index contributed by atoms with van der Waals surface area (Å²) >= 11 is 0.380. The highest BCUT2D eigenvalue weighted by Crippen LogP contribution is 2.32. The second-order valence-electron chi connectivity index (χ2n) is 6.86. The summed E-state index contributed by atoms with van der Waals surface area (Å²) in [7, 11) is -3.59. The highest BCUT2D eigenvalue weighted by atomic mass is 32.2. The molecule has 1 amide bonds. The van der Waals surface area contributed by atoms with Crippen LogP contribution in [0.5, 0.6) is 0 Å². The van der Waals surface area contributed by atoms with E-state index in [1.165, 1.54) is 10.4 Å². The van der Waals surface area contributed by atoms with Gasteiger partial charge in [-0.25, -0.2) is 8.42 Å². The van der Waals surface area contributed by atoms with E-state index in [1.807, 2.05) is 6.92 Å². The van der Waals surface area contributed by atoms with Crippen LogP contribution in [-0.4, -0.2) is 37.5 Å². The summed E-state index contributed by atoms with van der Waals surface area (Å²) in [5, 5.41) is 2.72. The van der Waals surface area contributed by atoms with Gasteiger partial charge in [0.15, 0.2) is 0 Å². The molecule has 1 aliphatic rings. The van der Waals surface area contributed by atoms with E-state index in [-0.39, 0.29) is 29.8 Å². The molecule has 1 fully saturated rings. The molecule has 0 aliphatic carbocycles. The van der Waals surface area contributed by atoms with Gasteiger partial charge in [0.1, 0.15) is 0 Å². The Labute approximate surface area is 173 Å². The van der Waals surface area contributed by atoms with Crippen molar-refractivity contribution in [3.63, 3.8) is 0 Å². The first-order chi connectivity index (χ1) is 13.8. The van der Waals surface area contributed by atoms with E-state index in [0.29, 0.717) is 35.2 Å². The SMILES string of the molecule is Cc1ccc(S(=O)(=O)N2CCC(C(=O)Nc3ccccc3SC(F)F)CC2)cc1. The predicted octanol–water partition coefficient (Wildman–Crippen LogP) is 4.35. The van der Waals surface area contributed by atoms with Crippen LogP contribution >= 0.6 is 11.8 Å². The van der Waals surface area contributed by atoms with Crippen molar-refractivity contribution in [2.24, 2.45) is 5.92 Å². The van der Waals surface area contributed by atoms with Crippen molar-refractivity contribution < 1.29 is 22.0 Å². The zero-order valence-corrected chi connectivity index (χ0v) is 17.5. The van der Waals surface area contributed by atoms with Crippen molar-refractivity contribution in [3.8, 4) is 0 Å². The number of amides is 1. The normalized spacial score (nSPS) is 16.1. The highest BCUT2D eigenvalue weighted by Gasteiger charge is 2.32. The van der Waals surface area contributed by atoms with Gasteiger partial charge in [-0.15, -0.1) is 0 Å². The van der Waals surface area contributed by atoms with Gasteiger partial charge in [0.25, 0.3) is 5.76 Å². The third-order valence-corrected chi connectivity index (χ3v) is 7.55. The number of para-hydroxylation sites is 1. The summed E-state index contributed by atoms with van der Waals surface area (Å²) in [5.74, 6) is -3.23. The number of carbonyl (C=O) groups is 1. The van der Waals surface area contributed by atoms with Crippen LogP contribution < -0.4 is 5.32 Å². The lowest BCUT2D eigenvalue weighted by molar-refractivity contribution is -0.120. The molecule has 29 heavy (non-hydrogen) atoms. The van der Waals surface area contributed by atoms with Crippen LogP contribution in [0.4, 0.5) is 14.5 Å². The van der Waals surface area contributed by atoms with E-state index in [1.54, 1.807) is 42.5 Å². The molecule has 156 valence electrons. The molecule has 0 spiro atoms. The summed E-state index contributed by atoms with van der Waals surface area (Å²) in [5.41, 5.74) is 1.32. The second-order valence-corrected chi connectivity index (χ2v) is 9.83.